The molecule has 2 saturated heterocycles. The van der Waals surface area contributed by atoms with E-state index in [1.165, 1.54) is 4.31 Å². The molecule has 2 fully saturated rings. The number of ether oxygens (including phenoxy) is 1. The summed E-state index contributed by atoms with van der Waals surface area (Å²) in [6.07, 6.45) is 2.03. The fraction of sp³-hybridized carbons (Fsp3) is 0.450. The number of benzene rings is 1. The molecule has 1 aromatic heterocycles. The van der Waals surface area contributed by atoms with E-state index in [4.69, 9.17) is 4.74 Å². The fourth-order valence-electron chi connectivity index (χ4n) is 3.77. The second kappa shape index (κ2) is 8.33. The van der Waals surface area contributed by atoms with Gasteiger partial charge in [-0.15, -0.1) is 11.3 Å². The van der Waals surface area contributed by atoms with Crippen molar-refractivity contribution in [1.82, 2.24) is 9.21 Å². The average Bonchev–Trinajstić information content (AvgIpc) is 3.46. The van der Waals surface area contributed by atoms with Gasteiger partial charge < -0.3 is 14.5 Å². The number of methoxy groups -OCH3 is 1. The van der Waals surface area contributed by atoms with E-state index in [-0.39, 0.29) is 10.1 Å². The Morgan fingerprint density at radius 2 is 1.72 bits per heavy atom. The Morgan fingerprint density at radius 1 is 1.00 bits per heavy atom. The summed E-state index contributed by atoms with van der Waals surface area (Å²) in [5, 5.41) is 0. The lowest BCUT2D eigenvalue weighted by molar-refractivity contribution is 0.0797. The van der Waals surface area contributed by atoms with Crippen molar-refractivity contribution >= 4 is 33.0 Å². The molecule has 0 bridgehead atoms. The van der Waals surface area contributed by atoms with Crippen molar-refractivity contribution in [2.24, 2.45) is 0 Å². The lowest BCUT2D eigenvalue weighted by Gasteiger charge is -2.35. The van der Waals surface area contributed by atoms with E-state index in [9.17, 15) is 13.2 Å². The molecule has 0 aliphatic carbocycles. The number of piperazine rings is 1. The van der Waals surface area contributed by atoms with Crippen LogP contribution >= 0.6 is 11.3 Å². The molecule has 2 aliphatic rings. The summed E-state index contributed by atoms with van der Waals surface area (Å²) in [6.45, 7) is 3.55. The van der Waals surface area contributed by atoms with Crippen molar-refractivity contribution < 1.29 is 17.9 Å². The Morgan fingerprint density at radius 3 is 2.41 bits per heavy atom. The molecule has 2 aliphatic heterocycles. The number of hydrogen-bond donors (Lipinski definition) is 0. The highest BCUT2D eigenvalue weighted by molar-refractivity contribution is 7.91. The van der Waals surface area contributed by atoms with Crippen molar-refractivity contribution in [1.29, 1.82) is 0 Å². The van der Waals surface area contributed by atoms with Gasteiger partial charge in [0.25, 0.3) is 15.9 Å². The second-order valence-corrected chi connectivity index (χ2v) is 10.5. The maximum Gasteiger partial charge on any atom is 0.263 e. The third-order valence-electron chi connectivity index (χ3n) is 5.44. The minimum absolute atomic E-state index is 0.0585. The predicted octanol–water partition coefficient (Wildman–Crippen LogP) is 2.50. The van der Waals surface area contributed by atoms with Crippen LogP contribution in [0.1, 0.15) is 22.5 Å². The highest BCUT2D eigenvalue weighted by Crippen LogP contribution is 2.29. The van der Waals surface area contributed by atoms with Crippen LogP contribution < -0.4 is 9.64 Å². The van der Waals surface area contributed by atoms with E-state index in [0.29, 0.717) is 31.1 Å². The molecule has 4 rings (SSSR count). The molecule has 156 valence electrons. The average molecular weight is 436 g/mol. The molecule has 0 unspecified atom stereocenters. The molecule has 29 heavy (non-hydrogen) atoms. The summed E-state index contributed by atoms with van der Waals surface area (Å²) in [5.41, 5.74) is 1.02. The Hall–Kier alpha value is -2.10. The highest BCUT2D eigenvalue weighted by Gasteiger charge is 2.31. The van der Waals surface area contributed by atoms with Crippen LogP contribution in [-0.2, 0) is 10.0 Å². The number of thiophene rings is 1. The van der Waals surface area contributed by atoms with Gasteiger partial charge in [-0.3, -0.25) is 4.79 Å². The minimum atomic E-state index is -3.59. The van der Waals surface area contributed by atoms with Gasteiger partial charge in [-0.2, -0.15) is 4.31 Å². The number of anilines is 1. The zero-order chi connectivity index (χ0) is 20.4. The lowest BCUT2D eigenvalue weighted by atomic mass is 10.2. The van der Waals surface area contributed by atoms with Crippen LogP contribution in [0, 0.1) is 0 Å². The summed E-state index contributed by atoms with van der Waals surface area (Å²) in [4.78, 5) is 17.0. The monoisotopic (exact) mass is 435 g/mol. The van der Waals surface area contributed by atoms with E-state index in [2.05, 4.69) is 4.90 Å². The molecular formula is C20H25N3O4S2. The van der Waals surface area contributed by atoms with Gasteiger partial charge in [0.2, 0.25) is 0 Å². The van der Waals surface area contributed by atoms with Crippen LogP contribution in [0.4, 0.5) is 5.69 Å². The molecule has 7 nitrogen and oxygen atoms in total. The van der Waals surface area contributed by atoms with Gasteiger partial charge in [-0.1, -0.05) is 6.07 Å². The number of carbonyl (C=O) groups excluding carboxylic acids is 1. The minimum Gasteiger partial charge on any atom is -0.497 e. The highest BCUT2D eigenvalue weighted by atomic mass is 32.2. The Bertz CT molecular complexity index is 975. The van der Waals surface area contributed by atoms with Gasteiger partial charge in [-0.05, 0) is 37.1 Å². The SMILES string of the molecule is COc1cccc(N2CCN(S(=O)(=O)c3ccc(C(=O)N4CCCC4)s3)CC2)c1. The topological polar surface area (TPSA) is 70.2 Å². The van der Waals surface area contributed by atoms with Gasteiger partial charge in [-0.25, -0.2) is 8.42 Å². The zero-order valence-electron chi connectivity index (χ0n) is 16.4. The van der Waals surface area contributed by atoms with Crippen molar-refractivity contribution in [3.8, 4) is 5.75 Å². The number of amides is 1. The maximum atomic E-state index is 13.1. The lowest BCUT2D eigenvalue weighted by Crippen LogP contribution is -2.48. The number of likely N-dealkylation sites (tertiary alicyclic amines) is 1. The smallest absolute Gasteiger partial charge is 0.263 e. The van der Waals surface area contributed by atoms with Crippen LogP contribution in [0.3, 0.4) is 0 Å². The molecule has 1 amide bonds. The maximum absolute atomic E-state index is 13.1. The molecule has 3 heterocycles. The first-order valence-electron chi connectivity index (χ1n) is 9.77. The Balaban J connectivity index is 1.43. The third kappa shape index (κ3) is 4.12. The number of nitrogens with zero attached hydrogens (tertiary/aromatic N) is 3. The standard InChI is InChI=1S/C20H25N3O4S2/c1-27-17-6-4-5-16(15-17)21-11-13-23(14-12-21)29(25,26)19-8-7-18(28-19)20(24)22-9-2-3-10-22/h4-8,15H,2-3,9-14H2,1H3. The summed E-state index contributed by atoms with van der Waals surface area (Å²) >= 11 is 1.08. The Labute approximate surface area is 175 Å². The van der Waals surface area contributed by atoms with E-state index in [1.54, 1.807) is 24.1 Å². The molecular weight excluding hydrogens is 410 g/mol. The zero-order valence-corrected chi connectivity index (χ0v) is 18.0. The van der Waals surface area contributed by atoms with Crippen LogP contribution in [0.15, 0.2) is 40.6 Å². The molecule has 0 saturated carbocycles. The quantitative estimate of drug-likeness (QED) is 0.722. The molecule has 0 radical (unpaired) electrons. The summed E-state index contributed by atoms with van der Waals surface area (Å²) in [6, 6.07) is 11.0. The number of rotatable bonds is 5. The summed E-state index contributed by atoms with van der Waals surface area (Å²) in [7, 11) is -1.95. The van der Waals surface area contributed by atoms with Gasteiger partial charge in [0, 0.05) is 51.0 Å². The van der Waals surface area contributed by atoms with E-state index < -0.39 is 10.0 Å². The van der Waals surface area contributed by atoms with E-state index in [1.807, 2.05) is 24.3 Å². The second-order valence-electron chi connectivity index (χ2n) is 7.21. The number of sulfonamides is 1. The summed E-state index contributed by atoms with van der Waals surface area (Å²) < 4.78 is 33.2. The number of carbonyl (C=O) groups is 1. The molecule has 0 spiro atoms. The largest absolute Gasteiger partial charge is 0.497 e. The van der Waals surface area contributed by atoms with Crippen molar-refractivity contribution in [3.05, 3.63) is 41.3 Å². The molecule has 9 heteroatoms. The predicted molar refractivity (Wildman–Crippen MR) is 113 cm³/mol. The fourth-order valence-corrected chi connectivity index (χ4v) is 6.62. The van der Waals surface area contributed by atoms with Crippen LogP contribution in [0.5, 0.6) is 5.75 Å². The third-order valence-corrected chi connectivity index (χ3v) is 8.88. The van der Waals surface area contributed by atoms with E-state index >= 15 is 0 Å². The van der Waals surface area contributed by atoms with Gasteiger partial charge >= 0.3 is 0 Å². The van der Waals surface area contributed by atoms with Crippen LogP contribution in [-0.4, -0.2) is 69.9 Å². The Kier molecular flexibility index (Phi) is 5.80. The summed E-state index contributed by atoms with van der Waals surface area (Å²) in [5.74, 6) is 0.725. The first-order chi connectivity index (χ1) is 14.0. The van der Waals surface area contributed by atoms with Crippen molar-refractivity contribution in [3.63, 3.8) is 0 Å². The van der Waals surface area contributed by atoms with Crippen molar-refractivity contribution in [2.45, 2.75) is 17.1 Å². The molecule has 1 aromatic carbocycles. The van der Waals surface area contributed by atoms with Gasteiger partial charge in [0.05, 0.1) is 12.0 Å². The van der Waals surface area contributed by atoms with Gasteiger partial charge in [0.15, 0.2) is 0 Å². The van der Waals surface area contributed by atoms with E-state index in [0.717, 1.165) is 48.7 Å². The van der Waals surface area contributed by atoms with Crippen molar-refractivity contribution in [2.75, 3.05) is 51.3 Å². The molecule has 0 N–H and O–H groups in total. The normalized spacial score (nSPS) is 18.2. The van der Waals surface area contributed by atoms with Gasteiger partial charge in [0.1, 0.15) is 9.96 Å². The first kappa shape index (κ1) is 20.2. The molecule has 2 aromatic rings. The molecule has 0 atom stereocenters. The van der Waals surface area contributed by atoms with Crippen LogP contribution in [0.25, 0.3) is 0 Å². The first-order valence-corrected chi connectivity index (χ1v) is 12.0. The van der Waals surface area contributed by atoms with Crippen LogP contribution in [0.2, 0.25) is 0 Å². The number of hydrogen-bond acceptors (Lipinski definition) is 6.